The maximum Gasteiger partial charge on any atom is 0.312 e. The second kappa shape index (κ2) is 16.2. The molecular formula is C16H30N4O3. The lowest BCUT2D eigenvalue weighted by Gasteiger charge is -2.00. The molecule has 7 nitrogen and oxygen atoms in total. The lowest BCUT2D eigenvalue weighted by molar-refractivity contribution is 0.248. The van der Waals surface area contributed by atoms with Crippen molar-refractivity contribution in [2.45, 2.75) is 51.4 Å². The Bertz CT molecular complexity index is 336. The lowest BCUT2D eigenvalue weighted by Crippen LogP contribution is -2.29. The highest BCUT2D eigenvalue weighted by Gasteiger charge is 1.92. The van der Waals surface area contributed by atoms with Gasteiger partial charge < -0.3 is 26.8 Å². The van der Waals surface area contributed by atoms with E-state index in [1.807, 2.05) is 12.2 Å². The van der Waals surface area contributed by atoms with Crippen molar-refractivity contribution >= 4 is 12.1 Å². The molecule has 4 amide bonds. The van der Waals surface area contributed by atoms with Crippen LogP contribution in [0.15, 0.2) is 24.7 Å². The molecule has 0 aliphatic heterocycles. The van der Waals surface area contributed by atoms with Gasteiger partial charge in [-0.15, -0.1) is 0 Å². The molecule has 0 spiro atoms. The van der Waals surface area contributed by atoms with E-state index in [-0.39, 0.29) is 0 Å². The molecule has 0 bridgehead atoms. The van der Waals surface area contributed by atoms with Crippen LogP contribution >= 0.6 is 0 Å². The van der Waals surface area contributed by atoms with Gasteiger partial charge in [-0.25, -0.2) is 9.59 Å². The molecule has 0 saturated carbocycles. The summed E-state index contributed by atoms with van der Waals surface area (Å²) in [5.74, 6) is 0. The molecule has 0 aliphatic carbocycles. The fraction of sp³-hybridized carbons (Fsp3) is 0.625. The first-order chi connectivity index (χ1) is 11.1. The smallest absolute Gasteiger partial charge is 0.312 e. The van der Waals surface area contributed by atoms with Gasteiger partial charge in [0.05, 0.1) is 12.5 Å². The van der Waals surface area contributed by atoms with E-state index >= 15 is 0 Å². The minimum atomic E-state index is -0.465. The normalized spacial score (nSPS) is 11.0. The van der Waals surface area contributed by atoms with Gasteiger partial charge in [-0.1, -0.05) is 12.8 Å². The molecule has 0 unspecified atom stereocenters. The van der Waals surface area contributed by atoms with Gasteiger partial charge in [-0.3, -0.25) is 0 Å². The third-order valence-corrected chi connectivity index (χ3v) is 3.04. The van der Waals surface area contributed by atoms with Crippen LogP contribution in [-0.4, -0.2) is 25.2 Å². The maximum atomic E-state index is 10.4. The van der Waals surface area contributed by atoms with Crippen LogP contribution in [0.25, 0.3) is 0 Å². The van der Waals surface area contributed by atoms with Crippen LogP contribution in [-0.2, 0) is 4.74 Å². The molecule has 0 saturated heterocycles. The summed E-state index contributed by atoms with van der Waals surface area (Å²) in [6.45, 7) is 1.27. The van der Waals surface area contributed by atoms with Gasteiger partial charge in [0.2, 0.25) is 0 Å². The van der Waals surface area contributed by atoms with Gasteiger partial charge in [-0.2, -0.15) is 0 Å². The number of hydrogen-bond acceptors (Lipinski definition) is 3. The van der Waals surface area contributed by atoms with Gasteiger partial charge in [0.1, 0.15) is 0 Å². The molecule has 0 aromatic heterocycles. The first kappa shape index (κ1) is 20.8. The van der Waals surface area contributed by atoms with Crippen LogP contribution < -0.4 is 22.1 Å². The van der Waals surface area contributed by atoms with E-state index in [1.54, 1.807) is 12.5 Å². The zero-order valence-corrected chi connectivity index (χ0v) is 13.8. The molecule has 0 fully saturated rings. The van der Waals surface area contributed by atoms with E-state index < -0.39 is 12.1 Å². The second-order valence-corrected chi connectivity index (χ2v) is 5.16. The molecule has 0 aliphatic rings. The molecular weight excluding hydrogens is 296 g/mol. The van der Waals surface area contributed by atoms with Crippen LogP contribution in [0.2, 0.25) is 0 Å². The number of urea groups is 2. The summed E-state index contributed by atoms with van der Waals surface area (Å²) in [6, 6.07) is -0.931. The van der Waals surface area contributed by atoms with Gasteiger partial charge in [0.25, 0.3) is 0 Å². The largest absolute Gasteiger partial charge is 0.473 e. The topological polar surface area (TPSA) is 119 Å². The zero-order valence-electron chi connectivity index (χ0n) is 13.8. The molecule has 132 valence electrons. The van der Waals surface area contributed by atoms with Crippen molar-refractivity contribution in [3.63, 3.8) is 0 Å². The molecule has 23 heavy (non-hydrogen) atoms. The van der Waals surface area contributed by atoms with E-state index in [1.165, 1.54) is 0 Å². The number of hydrogen-bond donors (Lipinski definition) is 4. The third kappa shape index (κ3) is 19.8. The SMILES string of the molecule is NC(=O)NCCCCCC=COC=CCCCCCNC(N)=O. The number of carbonyl (C=O) groups excluding carboxylic acids is 2. The minimum absolute atomic E-state index is 0.465. The summed E-state index contributed by atoms with van der Waals surface area (Å²) in [6.07, 6.45) is 15.4. The summed E-state index contributed by atoms with van der Waals surface area (Å²) in [7, 11) is 0. The Morgan fingerprint density at radius 2 is 1.17 bits per heavy atom. The Balaban J connectivity index is 3.23. The quantitative estimate of drug-likeness (QED) is 0.290. The van der Waals surface area contributed by atoms with E-state index in [0.29, 0.717) is 13.1 Å². The van der Waals surface area contributed by atoms with E-state index in [2.05, 4.69) is 10.6 Å². The van der Waals surface area contributed by atoms with Crippen LogP contribution in [0, 0.1) is 0 Å². The number of primary amides is 2. The number of unbranched alkanes of at least 4 members (excludes halogenated alkanes) is 6. The van der Waals surface area contributed by atoms with Crippen molar-refractivity contribution in [1.82, 2.24) is 10.6 Å². The summed E-state index contributed by atoms with van der Waals surface area (Å²) in [4.78, 5) is 20.9. The Morgan fingerprint density at radius 3 is 1.57 bits per heavy atom. The predicted molar refractivity (Wildman–Crippen MR) is 91.5 cm³/mol. The van der Waals surface area contributed by atoms with Crippen molar-refractivity contribution in [1.29, 1.82) is 0 Å². The average molecular weight is 326 g/mol. The standard InChI is InChI=1S/C16H30N4O3/c17-15(21)19-11-7-3-1-5-9-13-23-14-10-6-2-4-8-12-20-16(18)22/h9-10,13-14H,1-8,11-12H2,(H3,17,19,21)(H3,18,20,22). The number of ether oxygens (including phenoxy) is 1. The number of rotatable bonds is 14. The highest BCUT2D eigenvalue weighted by molar-refractivity contribution is 5.71. The van der Waals surface area contributed by atoms with Crippen molar-refractivity contribution in [2.75, 3.05) is 13.1 Å². The number of nitrogens with two attached hydrogens (primary N) is 2. The van der Waals surface area contributed by atoms with Crippen molar-refractivity contribution in [3.05, 3.63) is 24.7 Å². The second-order valence-electron chi connectivity index (χ2n) is 5.16. The zero-order chi connectivity index (χ0) is 17.2. The number of nitrogens with one attached hydrogen (secondary N) is 2. The molecule has 0 radical (unpaired) electrons. The third-order valence-electron chi connectivity index (χ3n) is 3.04. The van der Waals surface area contributed by atoms with Gasteiger partial charge in [-0.05, 0) is 50.7 Å². The Hall–Kier alpha value is -2.18. The summed E-state index contributed by atoms with van der Waals surface area (Å²) >= 11 is 0. The molecule has 0 aromatic carbocycles. The van der Waals surface area contributed by atoms with Gasteiger partial charge >= 0.3 is 12.1 Å². The summed E-state index contributed by atoms with van der Waals surface area (Å²) < 4.78 is 5.24. The van der Waals surface area contributed by atoms with Crippen LogP contribution in [0.4, 0.5) is 9.59 Å². The molecule has 6 N–H and O–H groups in total. The van der Waals surface area contributed by atoms with Crippen molar-refractivity contribution < 1.29 is 14.3 Å². The first-order valence-corrected chi connectivity index (χ1v) is 8.15. The van der Waals surface area contributed by atoms with Gasteiger partial charge in [0, 0.05) is 13.1 Å². The number of amides is 4. The van der Waals surface area contributed by atoms with Gasteiger partial charge in [0.15, 0.2) is 0 Å². The van der Waals surface area contributed by atoms with Crippen LogP contribution in [0.5, 0.6) is 0 Å². The Labute approximate surface area is 138 Å². The monoisotopic (exact) mass is 326 g/mol. The van der Waals surface area contributed by atoms with Crippen LogP contribution in [0.1, 0.15) is 51.4 Å². The highest BCUT2D eigenvalue weighted by Crippen LogP contribution is 2.02. The summed E-state index contributed by atoms with van der Waals surface area (Å²) in [5.41, 5.74) is 9.92. The highest BCUT2D eigenvalue weighted by atomic mass is 16.5. The minimum Gasteiger partial charge on any atom is -0.473 e. The molecule has 0 rings (SSSR count). The molecule has 0 atom stereocenters. The number of carbonyl (C=O) groups is 2. The summed E-state index contributed by atoms with van der Waals surface area (Å²) in [5, 5.41) is 5.12. The predicted octanol–water partition coefficient (Wildman–Crippen LogP) is 2.49. The molecule has 7 heteroatoms. The van der Waals surface area contributed by atoms with E-state index in [0.717, 1.165) is 51.4 Å². The molecule has 0 aromatic rings. The molecule has 0 heterocycles. The fourth-order valence-electron chi connectivity index (χ4n) is 1.84. The maximum absolute atomic E-state index is 10.4. The first-order valence-electron chi connectivity index (χ1n) is 8.15. The fourth-order valence-corrected chi connectivity index (χ4v) is 1.84. The van der Waals surface area contributed by atoms with E-state index in [9.17, 15) is 9.59 Å². The van der Waals surface area contributed by atoms with Crippen LogP contribution in [0.3, 0.4) is 0 Å². The Kier molecular flexibility index (Phi) is 14.7. The Morgan fingerprint density at radius 1 is 0.739 bits per heavy atom. The van der Waals surface area contributed by atoms with E-state index in [4.69, 9.17) is 16.2 Å². The number of allylic oxidation sites excluding steroid dienone is 2. The van der Waals surface area contributed by atoms with Crippen molar-refractivity contribution in [3.8, 4) is 0 Å². The van der Waals surface area contributed by atoms with Crippen molar-refractivity contribution in [2.24, 2.45) is 11.5 Å². The average Bonchev–Trinajstić information content (AvgIpc) is 2.49. The lowest BCUT2D eigenvalue weighted by atomic mass is 10.2.